The van der Waals surface area contributed by atoms with Crippen molar-refractivity contribution in [3.05, 3.63) is 46.2 Å². The molecule has 1 aromatic carbocycles. The third-order valence-corrected chi connectivity index (χ3v) is 6.12. The number of benzene rings is 1. The Balaban J connectivity index is 2.14. The second kappa shape index (κ2) is 6.60. The average molecular weight is 325 g/mol. The van der Waals surface area contributed by atoms with Gasteiger partial charge in [-0.2, -0.15) is 0 Å². The largest absolute Gasteiger partial charge is 0.496 e. The monoisotopic (exact) mass is 325 g/mol. The number of nitrogens with zero attached hydrogens (tertiary/aromatic N) is 1. The molecule has 1 aromatic heterocycles. The number of sulfonamides is 1. The first kappa shape index (κ1) is 16.0. The van der Waals surface area contributed by atoms with E-state index in [0.29, 0.717) is 17.2 Å². The molecule has 2 rings (SSSR count). The van der Waals surface area contributed by atoms with Gasteiger partial charge in [-0.15, -0.1) is 11.3 Å². The molecule has 0 bridgehead atoms. The van der Waals surface area contributed by atoms with Gasteiger partial charge in [-0.25, -0.2) is 12.7 Å². The van der Waals surface area contributed by atoms with Crippen molar-refractivity contribution in [2.75, 3.05) is 20.7 Å². The van der Waals surface area contributed by atoms with E-state index in [0.717, 1.165) is 12.0 Å². The summed E-state index contributed by atoms with van der Waals surface area (Å²) in [5.74, 6) is 0.690. The number of aryl methyl sites for hydroxylation is 1. The van der Waals surface area contributed by atoms with Gasteiger partial charge in [-0.3, -0.25) is 0 Å². The number of hydrogen-bond donors (Lipinski definition) is 0. The van der Waals surface area contributed by atoms with Crippen LogP contribution >= 0.6 is 11.3 Å². The highest BCUT2D eigenvalue weighted by molar-refractivity contribution is 7.89. The molecule has 0 saturated heterocycles. The lowest BCUT2D eigenvalue weighted by atomic mass is 10.2. The normalized spacial score (nSPS) is 11.8. The lowest BCUT2D eigenvalue weighted by molar-refractivity contribution is 0.411. The molecule has 21 heavy (non-hydrogen) atoms. The van der Waals surface area contributed by atoms with Gasteiger partial charge in [-0.1, -0.05) is 6.07 Å². The Morgan fingerprint density at radius 2 is 2.05 bits per heavy atom. The van der Waals surface area contributed by atoms with E-state index in [-0.39, 0.29) is 0 Å². The highest BCUT2D eigenvalue weighted by atomic mass is 32.2. The molecular formula is C15H19NO3S2. The molecule has 114 valence electrons. The van der Waals surface area contributed by atoms with E-state index in [1.807, 2.05) is 24.4 Å². The molecule has 0 aliphatic heterocycles. The molecule has 0 atom stereocenters. The van der Waals surface area contributed by atoms with Crippen molar-refractivity contribution < 1.29 is 13.2 Å². The molecule has 0 N–H and O–H groups in total. The van der Waals surface area contributed by atoms with Crippen LogP contribution in [0.15, 0.2) is 40.6 Å². The van der Waals surface area contributed by atoms with Crippen LogP contribution in [0.1, 0.15) is 10.4 Å². The predicted octanol–water partition coefficient (Wildman–Crippen LogP) is 2.93. The van der Waals surface area contributed by atoms with Gasteiger partial charge in [0.15, 0.2) is 0 Å². The quantitative estimate of drug-likeness (QED) is 0.820. The van der Waals surface area contributed by atoms with Gasteiger partial charge >= 0.3 is 0 Å². The highest BCUT2D eigenvalue weighted by Gasteiger charge is 2.21. The second-order valence-electron chi connectivity index (χ2n) is 4.79. The van der Waals surface area contributed by atoms with E-state index in [2.05, 4.69) is 0 Å². The van der Waals surface area contributed by atoms with E-state index in [4.69, 9.17) is 4.74 Å². The number of rotatable bonds is 6. The van der Waals surface area contributed by atoms with Crippen LogP contribution in [-0.2, 0) is 16.4 Å². The third-order valence-electron chi connectivity index (χ3n) is 3.33. The van der Waals surface area contributed by atoms with Gasteiger partial charge in [0.05, 0.1) is 12.0 Å². The Morgan fingerprint density at radius 3 is 2.62 bits per heavy atom. The minimum atomic E-state index is -3.46. The Hall–Kier alpha value is -1.37. The van der Waals surface area contributed by atoms with Crippen molar-refractivity contribution >= 4 is 21.4 Å². The van der Waals surface area contributed by atoms with Gasteiger partial charge in [0, 0.05) is 18.5 Å². The number of likely N-dealkylation sites (N-methyl/N-ethyl adjacent to an activating group) is 1. The fourth-order valence-electron chi connectivity index (χ4n) is 2.03. The molecule has 2 aromatic rings. The number of ether oxygens (including phenoxy) is 1. The molecule has 0 aliphatic carbocycles. The maximum absolute atomic E-state index is 12.5. The first-order valence-corrected chi connectivity index (χ1v) is 8.90. The Kier molecular flexibility index (Phi) is 5.03. The molecule has 6 heteroatoms. The summed E-state index contributed by atoms with van der Waals surface area (Å²) in [6, 6.07) is 8.91. The van der Waals surface area contributed by atoms with E-state index in [1.54, 1.807) is 43.7 Å². The zero-order chi connectivity index (χ0) is 15.5. The van der Waals surface area contributed by atoms with Crippen molar-refractivity contribution in [1.29, 1.82) is 0 Å². The molecule has 0 amide bonds. The number of methoxy groups -OCH3 is 1. The van der Waals surface area contributed by atoms with Crippen molar-refractivity contribution in [3.8, 4) is 5.75 Å². The minimum absolute atomic E-state index is 0.300. The van der Waals surface area contributed by atoms with E-state index >= 15 is 0 Å². The minimum Gasteiger partial charge on any atom is -0.496 e. The molecule has 0 radical (unpaired) electrons. The summed E-state index contributed by atoms with van der Waals surface area (Å²) < 4.78 is 31.6. The summed E-state index contributed by atoms with van der Waals surface area (Å²) in [6.45, 7) is 2.30. The number of hydrogen-bond acceptors (Lipinski definition) is 4. The van der Waals surface area contributed by atoms with Crippen LogP contribution in [0, 0.1) is 6.92 Å². The van der Waals surface area contributed by atoms with Crippen LogP contribution < -0.4 is 4.74 Å². The summed E-state index contributed by atoms with van der Waals surface area (Å²) in [6.07, 6.45) is 0.725. The van der Waals surface area contributed by atoms with E-state index < -0.39 is 10.0 Å². The van der Waals surface area contributed by atoms with E-state index in [1.165, 1.54) is 9.18 Å². The molecular weight excluding hydrogens is 306 g/mol. The van der Waals surface area contributed by atoms with Gasteiger partial charge in [0.25, 0.3) is 0 Å². The van der Waals surface area contributed by atoms with Crippen molar-refractivity contribution in [3.63, 3.8) is 0 Å². The molecule has 0 aliphatic rings. The lowest BCUT2D eigenvalue weighted by Crippen LogP contribution is -2.29. The fourth-order valence-corrected chi connectivity index (χ4v) is 3.99. The molecule has 0 spiro atoms. The maximum atomic E-state index is 12.5. The van der Waals surface area contributed by atoms with Crippen molar-refractivity contribution in [2.45, 2.75) is 18.2 Å². The topological polar surface area (TPSA) is 46.6 Å². The lowest BCUT2D eigenvalue weighted by Gasteiger charge is -2.17. The summed E-state index contributed by atoms with van der Waals surface area (Å²) in [7, 11) is -0.271. The highest BCUT2D eigenvalue weighted by Crippen LogP contribution is 2.23. The van der Waals surface area contributed by atoms with Gasteiger partial charge < -0.3 is 4.74 Å². The first-order valence-electron chi connectivity index (χ1n) is 6.58. The third kappa shape index (κ3) is 3.64. The second-order valence-corrected chi connectivity index (χ2v) is 7.86. The van der Waals surface area contributed by atoms with Crippen LogP contribution in [-0.4, -0.2) is 33.4 Å². The van der Waals surface area contributed by atoms with Crippen molar-refractivity contribution in [1.82, 2.24) is 4.31 Å². The Labute approximate surface area is 130 Å². The van der Waals surface area contributed by atoms with Crippen LogP contribution in [0.2, 0.25) is 0 Å². The van der Waals surface area contributed by atoms with Crippen LogP contribution in [0.3, 0.4) is 0 Å². The van der Waals surface area contributed by atoms with Crippen LogP contribution in [0.4, 0.5) is 0 Å². The van der Waals surface area contributed by atoms with Crippen LogP contribution in [0.25, 0.3) is 0 Å². The zero-order valence-corrected chi connectivity index (χ0v) is 14.0. The SMILES string of the molecule is COc1ccc(S(=O)(=O)N(C)CCc2cccs2)cc1C. The smallest absolute Gasteiger partial charge is 0.242 e. The Morgan fingerprint density at radius 1 is 1.29 bits per heavy atom. The molecule has 1 heterocycles. The van der Waals surface area contributed by atoms with Crippen molar-refractivity contribution in [2.24, 2.45) is 0 Å². The summed E-state index contributed by atoms with van der Waals surface area (Å²) >= 11 is 1.64. The van der Waals surface area contributed by atoms with Gasteiger partial charge in [0.2, 0.25) is 10.0 Å². The van der Waals surface area contributed by atoms with E-state index in [9.17, 15) is 8.42 Å². The standard InChI is InChI=1S/C15H19NO3S2/c1-12-11-14(6-7-15(12)19-3)21(17,18)16(2)9-8-13-5-4-10-20-13/h4-7,10-11H,8-9H2,1-3H3. The summed E-state index contributed by atoms with van der Waals surface area (Å²) in [4.78, 5) is 1.48. The molecule has 0 fully saturated rings. The maximum Gasteiger partial charge on any atom is 0.242 e. The summed E-state index contributed by atoms with van der Waals surface area (Å²) in [5, 5.41) is 2.00. The molecule has 0 saturated carbocycles. The molecule has 4 nitrogen and oxygen atoms in total. The van der Waals surface area contributed by atoms with Crippen LogP contribution in [0.5, 0.6) is 5.75 Å². The summed E-state index contributed by atoms with van der Waals surface area (Å²) in [5.41, 5.74) is 0.810. The zero-order valence-electron chi connectivity index (χ0n) is 12.4. The first-order chi connectivity index (χ1) is 9.95. The van der Waals surface area contributed by atoms with Gasteiger partial charge in [0.1, 0.15) is 5.75 Å². The van der Waals surface area contributed by atoms with Gasteiger partial charge in [-0.05, 0) is 48.6 Å². The average Bonchev–Trinajstić information content (AvgIpc) is 2.97. The molecule has 0 unspecified atom stereocenters. The fraction of sp³-hybridized carbons (Fsp3) is 0.333. The predicted molar refractivity (Wildman–Crippen MR) is 85.6 cm³/mol. The Bertz CT molecular complexity index is 694. The number of thiophene rings is 1.